The van der Waals surface area contributed by atoms with Crippen LogP contribution >= 0.6 is 8.53 Å². The van der Waals surface area contributed by atoms with Gasteiger partial charge in [-0.25, -0.2) is 5.09 Å². The smallest absolute Gasteiger partial charge is 0.323 e. The molecule has 1 amide bonds. The van der Waals surface area contributed by atoms with E-state index in [1.165, 1.54) is 7.11 Å². The molecule has 0 heterocycles. The lowest BCUT2D eigenvalue weighted by Crippen LogP contribution is -2.34. The van der Waals surface area contributed by atoms with Crippen molar-refractivity contribution in [3.63, 3.8) is 0 Å². The summed E-state index contributed by atoms with van der Waals surface area (Å²) >= 11 is 0. The molecule has 2 unspecified atom stereocenters. The van der Waals surface area contributed by atoms with Crippen molar-refractivity contribution in [2.24, 2.45) is 0 Å². The number of esters is 1. The Labute approximate surface area is 177 Å². The first-order chi connectivity index (χ1) is 14.4. The molecule has 8 nitrogen and oxygen atoms in total. The Kier molecular flexibility index (Phi) is 9.70. The van der Waals surface area contributed by atoms with Crippen molar-refractivity contribution in [2.75, 3.05) is 19.2 Å². The zero-order chi connectivity index (χ0) is 21.9. The van der Waals surface area contributed by atoms with Crippen molar-refractivity contribution in [2.45, 2.75) is 32.9 Å². The number of benzene rings is 2. The van der Waals surface area contributed by atoms with Crippen LogP contribution in [0.2, 0.25) is 0 Å². The molecule has 0 aliphatic rings. The van der Waals surface area contributed by atoms with Gasteiger partial charge in [-0.3, -0.25) is 14.1 Å². The number of nitrogens with one attached hydrogen (secondary N) is 2. The van der Waals surface area contributed by atoms with Gasteiger partial charge in [0.15, 0.2) is 6.79 Å². The number of para-hydroxylation sites is 2. The second-order valence-electron chi connectivity index (χ2n) is 6.48. The number of anilines is 1. The molecular weight excluding hydrogens is 407 g/mol. The average molecular weight is 434 g/mol. The number of hydrogen-bond acceptors (Lipinski definition) is 7. The molecule has 0 aliphatic heterocycles. The van der Waals surface area contributed by atoms with Crippen molar-refractivity contribution >= 4 is 26.1 Å². The largest absolute Gasteiger partial charge is 0.466 e. The fourth-order valence-corrected chi connectivity index (χ4v) is 3.18. The summed E-state index contributed by atoms with van der Waals surface area (Å²) in [6.45, 7) is 5.04. The average Bonchev–Trinajstić information content (AvgIpc) is 2.73. The minimum atomic E-state index is -1.59. The molecule has 162 valence electrons. The van der Waals surface area contributed by atoms with E-state index >= 15 is 0 Å². The molecule has 0 spiro atoms. The van der Waals surface area contributed by atoms with Gasteiger partial charge >= 0.3 is 5.97 Å². The summed E-state index contributed by atoms with van der Waals surface area (Å²) in [5, 5.41) is 5.73. The number of carbonyl (C=O) groups excluding carboxylic acids is 2. The first-order valence-corrected chi connectivity index (χ1v) is 10.6. The molecule has 2 rings (SSSR count). The van der Waals surface area contributed by atoms with Gasteiger partial charge in [-0.1, -0.05) is 30.3 Å². The number of rotatable bonds is 11. The Balaban J connectivity index is 1.91. The zero-order valence-corrected chi connectivity index (χ0v) is 18.3. The second kappa shape index (κ2) is 12.2. The fourth-order valence-electron chi connectivity index (χ4n) is 2.33. The molecular formula is C21H27N2O6P. The van der Waals surface area contributed by atoms with Crippen molar-refractivity contribution in [1.29, 1.82) is 0 Å². The van der Waals surface area contributed by atoms with Crippen LogP contribution in [0.25, 0.3) is 0 Å². The fraction of sp³-hybridized carbons (Fsp3) is 0.333. The molecule has 0 saturated heterocycles. The highest BCUT2D eigenvalue weighted by molar-refractivity contribution is 7.45. The quantitative estimate of drug-likeness (QED) is 0.312. The highest BCUT2D eigenvalue weighted by atomic mass is 31.2. The van der Waals surface area contributed by atoms with E-state index in [2.05, 4.69) is 10.4 Å². The van der Waals surface area contributed by atoms with E-state index in [1.807, 2.05) is 18.2 Å². The molecule has 9 heteroatoms. The molecule has 2 atom stereocenters. The van der Waals surface area contributed by atoms with Gasteiger partial charge in [0.2, 0.25) is 0 Å². The Morgan fingerprint density at radius 3 is 2.33 bits per heavy atom. The lowest BCUT2D eigenvalue weighted by atomic mass is 10.2. The van der Waals surface area contributed by atoms with Crippen LogP contribution in [0.5, 0.6) is 5.75 Å². The van der Waals surface area contributed by atoms with Gasteiger partial charge in [0.25, 0.3) is 14.4 Å². The second-order valence-corrected chi connectivity index (χ2v) is 7.88. The summed E-state index contributed by atoms with van der Waals surface area (Å²) in [5.41, 5.74) is 1.05. The Morgan fingerprint density at radius 2 is 1.67 bits per heavy atom. The van der Waals surface area contributed by atoms with Crippen LogP contribution in [-0.4, -0.2) is 37.9 Å². The molecule has 30 heavy (non-hydrogen) atoms. The Hall–Kier alpha value is -2.51. The van der Waals surface area contributed by atoms with Crippen molar-refractivity contribution in [3.8, 4) is 5.75 Å². The highest BCUT2D eigenvalue weighted by Gasteiger charge is 2.21. The summed E-state index contributed by atoms with van der Waals surface area (Å²) in [5.74, 6) is -0.333. The van der Waals surface area contributed by atoms with Crippen LogP contribution in [0.1, 0.15) is 31.1 Å². The van der Waals surface area contributed by atoms with E-state index in [9.17, 15) is 9.59 Å². The molecule has 2 aromatic carbocycles. The molecule has 0 radical (unpaired) electrons. The topological polar surface area (TPSA) is 95.1 Å². The lowest BCUT2D eigenvalue weighted by molar-refractivity contribution is -0.149. The van der Waals surface area contributed by atoms with Crippen LogP contribution in [0.3, 0.4) is 0 Å². The van der Waals surface area contributed by atoms with Gasteiger partial charge in [0.05, 0.1) is 11.7 Å². The Bertz CT molecular complexity index is 818. The van der Waals surface area contributed by atoms with E-state index in [-0.39, 0.29) is 18.8 Å². The molecule has 2 N–H and O–H groups in total. The van der Waals surface area contributed by atoms with Crippen LogP contribution in [0.4, 0.5) is 5.69 Å². The third-order valence-corrected chi connectivity index (χ3v) is 4.99. The first-order valence-electron chi connectivity index (χ1n) is 9.42. The predicted octanol–water partition coefficient (Wildman–Crippen LogP) is 4.09. The third-order valence-electron chi connectivity index (χ3n) is 3.72. The summed E-state index contributed by atoms with van der Waals surface area (Å²) in [6, 6.07) is 15.4. The maximum Gasteiger partial charge on any atom is 0.323 e. The van der Waals surface area contributed by atoms with Gasteiger partial charge in [-0.15, -0.1) is 0 Å². The number of ether oxygens (including phenoxy) is 2. The standard InChI is InChI=1S/C21H27N2O6P/c1-15(2)29-21(25)16(3)23-30(26-4)28-14-27-19-13-9-8-12-18(19)20(24)22-17-10-6-5-7-11-17/h5-13,15-16,23H,14H2,1-4H3,(H,22,24). The minimum Gasteiger partial charge on any atom is -0.466 e. The van der Waals surface area contributed by atoms with Crippen LogP contribution < -0.4 is 15.1 Å². The number of amides is 1. The normalized spacial score (nSPS) is 12.8. The van der Waals surface area contributed by atoms with E-state index < -0.39 is 20.5 Å². The lowest BCUT2D eigenvalue weighted by Gasteiger charge is -2.21. The third kappa shape index (κ3) is 7.72. The van der Waals surface area contributed by atoms with Crippen LogP contribution in [0.15, 0.2) is 54.6 Å². The van der Waals surface area contributed by atoms with E-state index in [0.29, 0.717) is 17.0 Å². The molecule has 0 aliphatic carbocycles. The van der Waals surface area contributed by atoms with Crippen LogP contribution in [-0.2, 0) is 18.6 Å². The van der Waals surface area contributed by atoms with Gasteiger partial charge in [-0.2, -0.15) is 0 Å². The van der Waals surface area contributed by atoms with E-state index in [0.717, 1.165) is 0 Å². The molecule has 0 fully saturated rings. The molecule has 0 aromatic heterocycles. The van der Waals surface area contributed by atoms with Crippen molar-refractivity contribution in [1.82, 2.24) is 5.09 Å². The van der Waals surface area contributed by atoms with Crippen molar-refractivity contribution in [3.05, 3.63) is 60.2 Å². The number of carbonyl (C=O) groups is 2. The van der Waals surface area contributed by atoms with Gasteiger partial charge in [0, 0.05) is 12.8 Å². The monoisotopic (exact) mass is 434 g/mol. The summed E-state index contributed by atoms with van der Waals surface area (Å²) in [4.78, 5) is 24.5. The summed E-state index contributed by atoms with van der Waals surface area (Å²) in [7, 11) is -0.134. The SMILES string of the molecule is COP(NC(C)C(=O)OC(C)C)OCOc1ccccc1C(=O)Nc1ccccc1. The van der Waals surface area contributed by atoms with Crippen molar-refractivity contribution < 1.29 is 28.1 Å². The van der Waals surface area contributed by atoms with E-state index in [1.54, 1.807) is 57.2 Å². The van der Waals surface area contributed by atoms with E-state index in [4.69, 9.17) is 18.5 Å². The Morgan fingerprint density at radius 1 is 1.00 bits per heavy atom. The highest BCUT2D eigenvalue weighted by Crippen LogP contribution is 2.33. The molecule has 0 bridgehead atoms. The minimum absolute atomic E-state index is 0.172. The zero-order valence-electron chi connectivity index (χ0n) is 17.5. The summed E-state index contributed by atoms with van der Waals surface area (Å²) in [6.07, 6.45) is -0.210. The summed E-state index contributed by atoms with van der Waals surface area (Å²) < 4.78 is 21.6. The first kappa shape index (κ1) is 23.8. The van der Waals surface area contributed by atoms with Gasteiger partial charge in [0.1, 0.15) is 11.8 Å². The maximum atomic E-state index is 12.6. The molecule has 2 aromatic rings. The van der Waals surface area contributed by atoms with Gasteiger partial charge < -0.3 is 19.3 Å². The maximum absolute atomic E-state index is 12.6. The van der Waals surface area contributed by atoms with Crippen LogP contribution in [0, 0.1) is 0 Å². The van der Waals surface area contributed by atoms with Gasteiger partial charge in [-0.05, 0) is 45.0 Å². The number of hydrogen-bond donors (Lipinski definition) is 2. The molecule has 0 saturated carbocycles. The predicted molar refractivity (Wildman–Crippen MR) is 115 cm³/mol.